The number of benzene rings is 3. The number of rotatable bonds is 8. The van der Waals surface area contributed by atoms with Crippen molar-refractivity contribution >= 4 is 45.6 Å². The third-order valence-corrected chi connectivity index (χ3v) is 6.95. The van der Waals surface area contributed by atoms with E-state index in [9.17, 15) is 9.59 Å². The van der Waals surface area contributed by atoms with Gasteiger partial charge in [0.2, 0.25) is 5.75 Å². The molecule has 2 N–H and O–H groups in total. The first-order valence-corrected chi connectivity index (χ1v) is 12.9. The molecule has 9 nitrogen and oxygen atoms in total. The highest BCUT2D eigenvalue weighted by molar-refractivity contribution is 7.08. The van der Waals surface area contributed by atoms with Gasteiger partial charge in [0, 0.05) is 34.9 Å². The number of H-pyrrole nitrogens is 1. The van der Waals surface area contributed by atoms with Crippen molar-refractivity contribution < 1.29 is 23.8 Å². The minimum absolute atomic E-state index is 0.0613. The predicted octanol–water partition coefficient (Wildman–Crippen LogP) is 5.85. The topological polar surface area (TPSA) is 106 Å². The molecule has 5 rings (SSSR count). The number of imidazole rings is 1. The summed E-state index contributed by atoms with van der Waals surface area (Å²) in [6.07, 6.45) is 0. The SMILES string of the molecule is COc1cc(C(=O)Nc2ccc3nc(-c4ccc(N(C)C(=O)c5ccsc5)cc4)[nH]c3c2)cc(OC)c1OC. The number of nitrogens with zero attached hydrogens (tertiary/aromatic N) is 2. The molecule has 0 unspecified atom stereocenters. The van der Waals surface area contributed by atoms with Crippen LogP contribution in [0.5, 0.6) is 17.2 Å². The maximum Gasteiger partial charge on any atom is 0.258 e. The molecule has 0 radical (unpaired) electrons. The second-order valence-corrected chi connectivity index (χ2v) is 9.39. The van der Waals surface area contributed by atoms with Gasteiger partial charge >= 0.3 is 0 Å². The zero-order valence-corrected chi connectivity index (χ0v) is 22.6. The van der Waals surface area contributed by atoms with Crippen molar-refractivity contribution in [3.05, 3.63) is 82.6 Å². The Morgan fingerprint density at radius 1 is 0.897 bits per heavy atom. The molecule has 0 spiro atoms. The van der Waals surface area contributed by atoms with Gasteiger partial charge in [-0.05, 0) is 66.0 Å². The van der Waals surface area contributed by atoms with Gasteiger partial charge in [-0.1, -0.05) is 0 Å². The van der Waals surface area contributed by atoms with Gasteiger partial charge in [0.25, 0.3) is 11.8 Å². The number of nitrogens with one attached hydrogen (secondary N) is 2. The van der Waals surface area contributed by atoms with Crippen molar-refractivity contribution in [1.82, 2.24) is 9.97 Å². The number of carbonyl (C=O) groups excluding carboxylic acids is 2. The maximum atomic E-state index is 13.0. The fraction of sp³-hybridized carbons (Fsp3) is 0.138. The molecule has 2 heterocycles. The summed E-state index contributed by atoms with van der Waals surface area (Å²) in [6, 6.07) is 18.0. The molecule has 2 amide bonds. The lowest BCUT2D eigenvalue weighted by molar-refractivity contribution is 0.0991. The molecular formula is C29H26N4O5S. The fourth-order valence-corrected chi connectivity index (χ4v) is 4.81. The van der Waals surface area contributed by atoms with Crippen LogP contribution in [0, 0.1) is 0 Å². The summed E-state index contributed by atoms with van der Waals surface area (Å²) in [5.74, 6) is 1.49. The molecule has 3 aromatic carbocycles. The molecule has 0 bridgehead atoms. The number of amides is 2. The number of aromatic amines is 1. The van der Waals surface area contributed by atoms with E-state index < -0.39 is 0 Å². The Morgan fingerprint density at radius 2 is 1.62 bits per heavy atom. The van der Waals surface area contributed by atoms with Gasteiger partial charge in [-0.25, -0.2) is 4.98 Å². The number of hydrogen-bond acceptors (Lipinski definition) is 7. The largest absolute Gasteiger partial charge is 0.493 e. The van der Waals surface area contributed by atoms with Crippen molar-refractivity contribution in [2.45, 2.75) is 0 Å². The number of methoxy groups -OCH3 is 3. The summed E-state index contributed by atoms with van der Waals surface area (Å²) in [7, 11) is 6.26. The minimum atomic E-state index is -0.329. The number of anilines is 2. The smallest absolute Gasteiger partial charge is 0.258 e. The van der Waals surface area contributed by atoms with Gasteiger partial charge in [0.1, 0.15) is 5.82 Å². The number of hydrogen-bond donors (Lipinski definition) is 2. The number of ether oxygens (including phenoxy) is 3. The van der Waals surface area contributed by atoms with Crippen molar-refractivity contribution in [3.8, 4) is 28.6 Å². The normalized spacial score (nSPS) is 10.8. The quantitative estimate of drug-likeness (QED) is 0.255. The van der Waals surface area contributed by atoms with Crippen LogP contribution in [0.3, 0.4) is 0 Å². The predicted molar refractivity (Wildman–Crippen MR) is 153 cm³/mol. The zero-order chi connectivity index (χ0) is 27.5. The molecule has 198 valence electrons. The van der Waals surface area contributed by atoms with E-state index in [-0.39, 0.29) is 11.8 Å². The molecule has 0 fully saturated rings. The van der Waals surface area contributed by atoms with E-state index in [2.05, 4.69) is 15.3 Å². The number of carbonyl (C=O) groups is 2. The van der Waals surface area contributed by atoms with Crippen LogP contribution in [0.25, 0.3) is 22.4 Å². The minimum Gasteiger partial charge on any atom is -0.493 e. The van der Waals surface area contributed by atoms with E-state index in [4.69, 9.17) is 14.2 Å². The van der Waals surface area contributed by atoms with E-state index in [1.807, 2.05) is 53.2 Å². The molecule has 0 saturated heterocycles. The average Bonchev–Trinajstić information content (AvgIpc) is 3.66. The number of thiophene rings is 1. The standard InChI is InChI=1S/C29H26N4O5S/c1-33(29(35)18-11-12-39-16-18)21-8-5-17(6-9-21)27-31-22-10-7-20(15-23(22)32-27)30-28(34)19-13-24(36-2)26(38-4)25(14-19)37-3/h5-16H,1-4H3,(H,30,34)(H,31,32). The first-order valence-electron chi connectivity index (χ1n) is 11.9. The van der Waals surface area contributed by atoms with Crippen molar-refractivity contribution in [1.29, 1.82) is 0 Å². The molecule has 0 aliphatic rings. The summed E-state index contributed by atoms with van der Waals surface area (Å²) in [6.45, 7) is 0. The Morgan fingerprint density at radius 3 is 2.23 bits per heavy atom. The molecule has 0 aliphatic carbocycles. The lowest BCUT2D eigenvalue weighted by Crippen LogP contribution is -2.25. The van der Waals surface area contributed by atoms with Gasteiger partial charge in [-0.15, -0.1) is 0 Å². The van der Waals surface area contributed by atoms with Gasteiger partial charge < -0.3 is 29.4 Å². The number of aromatic nitrogens is 2. The highest BCUT2D eigenvalue weighted by Gasteiger charge is 2.18. The van der Waals surface area contributed by atoms with Crippen LogP contribution in [0.4, 0.5) is 11.4 Å². The van der Waals surface area contributed by atoms with Crippen LogP contribution in [0.15, 0.2) is 71.4 Å². The van der Waals surface area contributed by atoms with Crippen molar-refractivity contribution in [3.63, 3.8) is 0 Å². The molecule has 0 aliphatic heterocycles. The summed E-state index contributed by atoms with van der Waals surface area (Å²) in [5, 5.41) is 6.63. The van der Waals surface area contributed by atoms with Crippen LogP contribution < -0.4 is 24.4 Å². The van der Waals surface area contributed by atoms with E-state index >= 15 is 0 Å². The first kappa shape index (κ1) is 25.8. The zero-order valence-electron chi connectivity index (χ0n) is 21.8. The van der Waals surface area contributed by atoms with Crippen molar-refractivity contribution in [2.75, 3.05) is 38.6 Å². The lowest BCUT2D eigenvalue weighted by Gasteiger charge is -2.16. The second kappa shape index (κ2) is 10.9. The molecule has 0 saturated carbocycles. The van der Waals surface area contributed by atoms with Crippen molar-refractivity contribution in [2.24, 2.45) is 0 Å². The van der Waals surface area contributed by atoms with Crippen LogP contribution in [0.1, 0.15) is 20.7 Å². The fourth-order valence-electron chi connectivity index (χ4n) is 4.18. The Labute approximate surface area is 229 Å². The lowest BCUT2D eigenvalue weighted by atomic mass is 10.1. The molecule has 0 atom stereocenters. The Kier molecular flexibility index (Phi) is 7.20. The number of fused-ring (bicyclic) bond motifs is 1. The summed E-state index contributed by atoms with van der Waals surface area (Å²) in [4.78, 5) is 35.3. The van der Waals surface area contributed by atoms with Gasteiger partial charge in [-0.3, -0.25) is 9.59 Å². The van der Waals surface area contributed by atoms with Crippen LogP contribution in [0.2, 0.25) is 0 Å². The van der Waals surface area contributed by atoms with E-state index in [0.717, 1.165) is 22.3 Å². The van der Waals surface area contributed by atoms with E-state index in [0.29, 0.717) is 39.9 Å². The Hall–Kier alpha value is -4.83. The summed E-state index contributed by atoms with van der Waals surface area (Å²) >= 11 is 1.49. The summed E-state index contributed by atoms with van der Waals surface area (Å²) < 4.78 is 16.0. The average molecular weight is 543 g/mol. The highest BCUT2D eigenvalue weighted by atomic mass is 32.1. The monoisotopic (exact) mass is 542 g/mol. The molecule has 2 aromatic heterocycles. The second-order valence-electron chi connectivity index (χ2n) is 8.61. The van der Waals surface area contributed by atoms with Crippen LogP contribution >= 0.6 is 11.3 Å². The van der Waals surface area contributed by atoms with Gasteiger partial charge in [-0.2, -0.15) is 11.3 Å². The maximum absolute atomic E-state index is 13.0. The van der Waals surface area contributed by atoms with Gasteiger partial charge in [0.05, 0.1) is 37.9 Å². The first-order chi connectivity index (χ1) is 18.9. The highest BCUT2D eigenvalue weighted by Crippen LogP contribution is 2.38. The molecule has 10 heteroatoms. The van der Waals surface area contributed by atoms with Crippen LogP contribution in [-0.2, 0) is 0 Å². The Bertz CT molecular complexity index is 1620. The third-order valence-electron chi connectivity index (χ3n) is 6.27. The summed E-state index contributed by atoms with van der Waals surface area (Å²) in [5.41, 5.74) is 4.79. The van der Waals surface area contributed by atoms with E-state index in [1.165, 1.54) is 32.7 Å². The molecular weight excluding hydrogens is 516 g/mol. The Balaban J connectivity index is 1.34. The molecule has 39 heavy (non-hydrogen) atoms. The third kappa shape index (κ3) is 5.14. The molecule has 5 aromatic rings. The van der Waals surface area contributed by atoms with Gasteiger partial charge in [0.15, 0.2) is 11.5 Å². The van der Waals surface area contributed by atoms with Crippen LogP contribution in [-0.4, -0.2) is 50.2 Å². The van der Waals surface area contributed by atoms with E-state index in [1.54, 1.807) is 30.1 Å².